The second kappa shape index (κ2) is 6.06. The molecule has 23 heavy (non-hydrogen) atoms. The summed E-state index contributed by atoms with van der Waals surface area (Å²) in [6, 6.07) is 0. The number of carbonyl (C=O) groups excluding carboxylic acids is 2. The Bertz CT molecular complexity index is 487. The zero-order valence-corrected chi connectivity index (χ0v) is 14.3. The van der Waals surface area contributed by atoms with Crippen molar-refractivity contribution in [3.05, 3.63) is 0 Å². The molecule has 0 bridgehead atoms. The number of carbonyl (C=O) groups is 2. The molecule has 0 aromatic heterocycles. The van der Waals surface area contributed by atoms with Crippen LogP contribution >= 0.6 is 0 Å². The Balaban J connectivity index is 1.67. The first-order chi connectivity index (χ1) is 10.8. The SMILES string of the molecule is CC(C)(CN1CCOCC1)C(=O)N1C[C@@H]2CCC[C@]2(C(N)=O)C1. The van der Waals surface area contributed by atoms with Gasteiger partial charge in [0.2, 0.25) is 11.8 Å². The molecular formula is C17H29N3O3. The van der Waals surface area contributed by atoms with Crippen molar-refractivity contribution in [2.45, 2.75) is 33.1 Å². The number of morpholine rings is 1. The van der Waals surface area contributed by atoms with Gasteiger partial charge in [0.1, 0.15) is 0 Å². The van der Waals surface area contributed by atoms with E-state index in [0.29, 0.717) is 13.1 Å². The van der Waals surface area contributed by atoms with Gasteiger partial charge in [-0.3, -0.25) is 14.5 Å². The lowest BCUT2D eigenvalue weighted by molar-refractivity contribution is -0.142. The maximum atomic E-state index is 13.1. The predicted molar refractivity (Wildman–Crippen MR) is 86.6 cm³/mol. The highest BCUT2D eigenvalue weighted by Crippen LogP contribution is 2.49. The lowest BCUT2D eigenvalue weighted by Crippen LogP contribution is -2.50. The number of ether oxygens (including phenoxy) is 1. The van der Waals surface area contributed by atoms with Gasteiger partial charge in [0.25, 0.3) is 0 Å². The van der Waals surface area contributed by atoms with Crippen LogP contribution in [0.1, 0.15) is 33.1 Å². The van der Waals surface area contributed by atoms with E-state index < -0.39 is 10.8 Å². The van der Waals surface area contributed by atoms with Gasteiger partial charge < -0.3 is 15.4 Å². The summed E-state index contributed by atoms with van der Waals surface area (Å²) in [5.74, 6) is 0.184. The molecule has 2 amide bonds. The van der Waals surface area contributed by atoms with Crippen molar-refractivity contribution in [2.75, 3.05) is 45.9 Å². The van der Waals surface area contributed by atoms with Crippen molar-refractivity contribution >= 4 is 11.8 Å². The number of hydrogen-bond acceptors (Lipinski definition) is 4. The smallest absolute Gasteiger partial charge is 0.229 e. The molecule has 0 unspecified atom stereocenters. The lowest BCUT2D eigenvalue weighted by Gasteiger charge is -2.36. The van der Waals surface area contributed by atoms with Crippen LogP contribution < -0.4 is 5.73 Å². The third-order valence-electron chi connectivity index (χ3n) is 5.95. The molecule has 0 radical (unpaired) electrons. The highest BCUT2D eigenvalue weighted by atomic mass is 16.5. The van der Waals surface area contributed by atoms with E-state index in [9.17, 15) is 9.59 Å². The minimum absolute atomic E-state index is 0.152. The first-order valence-corrected chi connectivity index (χ1v) is 8.74. The average Bonchev–Trinajstić information content (AvgIpc) is 3.04. The van der Waals surface area contributed by atoms with E-state index in [2.05, 4.69) is 4.90 Å². The molecule has 2 atom stereocenters. The molecule has 0 aromatic carbocycles. The Kier molecular flexibility index (Phi) is 4.40. The molecule has 2 N–H and O–H groups in total. The molecule has 6 nitrogen and oxygen atoms in total. The Labute approximate surface area is 138 Å². The van der Waals surface area contributed by atoms with Gasteiger partial charge in [0.05, 0.1) is 24.0 Å². The number of nitrogens with two attached hydrogens (primary N) is 1. The van der Waals surface area contributed by atoms with Crippen LogP contribution in [0, 0.1) is 16.7 Å². The van der Waals surface area contributed by atoms with Crippen molar-refractivity contribution in [1.29, 1.82) is 0 Å². The summed E-state index contributed by atoms with van der Waals surface area (Å²) in [5.41, 5.74) is 4.78. The van der Waals surface area contributed by atoms with Crippen LogP contribution in [-0.4, -0.2) is 67.6 Å². The van der Waals surface area contributed by atoms with Crippen LogP contribution in [0.3, 0.4) is 0 Å². The van der Waals surface area contributed by atoms with Gasteiger partial charge in [-0.2, -0.15) is 0 Å². The maximum Gasteiger partial charge on any atom is 0.229 e. The van der Waals surface area contributed by atoms with Crippen LogP contribution in [0.25, 0.3) is 0 Å². The summed E-state index contributed by atoms with van der Waals surface area (Å²) in [6.45, 7) is 9.19. The van der Waals surface area contributed by atoms with E-state index in [1.165, 1.54) is 0 Å². The number of amides is 2. The van der Waals surface area contributed by atoms with Crippen molar-refractivity contribution < 1.29 is 14.3 Å². The molecule has 1 saturated carbocycles. The van der Waals surface area contributed by atoms with Crippen LogP contribution in [0.4, 0.5) is 0 Å². The summed E-state index contributed by atoms with van der Waals surface area (Å²) >= 11 is 0. The van der Waals surface area contributed by atoms with E-state index in [4.69, 9.17) is 10.5 Å². The third-order valence-corrected chi connectivity index (χ3v) is 5.95. The Hall–Kier alpha value is -1.14. The van der Waals surface area contributed by atoms with Gasteiger partial charge in [0.15, 0.2) is 0 Å². The van der Waals surface area contributed by atoms with Crippen molar-refractivity contribution in [1.82, 2.24) is 9.80 Å². The van der Waals surface area contributed by atoms with Gasteiger partial charge in [-0.25, -0.2) is 0 Å². The normalized spacial score (nSPS) is 32.1. The van der Waals surface area contributed by atoms with E-state index in [-0.39, 0.29) is 17.7 Å². The molecule has 3 aliphatic rings. The number of likely N-dealkylation sites (tertiary alicyclic amines) is 1. The molecule has 1 aliphatic carbocycles. The number of nitrogens with zero attached hydrogens (tertiary/aromatic N) is 2. The molecule has 130 valence electrons. The maximum absolute atomic E-state index is 13.1. The van der Waals surface area contributed by atoms with Crippen LogP contribution in [0.15, 0.2) is 0 Å². The fraction of sp³-hybridized carbons (Fsp3) is 0.882. The Morgan fingerprint density at radius 3 is 2.61 bits per heavy atom. The zero-order chi connectivity index (χ0) is 16.7. The fourth-order valence-electron chi connectivity index (χ4n) is 4.66. The predicted octanol–water partition coefficient (Wildman–Crippen LogP) is 0.459. The first kappa shape index (κ1) is 16.7. The quantitative estimate of drug-likeness (QED) is 0.815. The summed E-state index contributed by atoms with van der Waals surface area (Å²) in [5, 5.41) is 0. The average molecular weight is 323 g/mol. The van der Waals surface area contributed by atoms with Gasteiger partial charge in [-0.15, -0.1) is 0 Å². The lowest BCUT2D eigenvalue weighted by atomic mass is 9.80. The molecular weight excluding hydrogens is 294 g/mol. The standard InChI is InChI=1S/C17H29N3O3/c1-16(2,11-19-6-8-23-9-7-19)15(22)20-10-13-4-3-5-17(13,12-20)14(18)21/h13H,3-12H2,1-2H3,(H2,18,21)/t13-,17-/m0/s1. The van der Waals surface area contributed by atoms with Crippen molar-refractivity contribution in [3.8, 4) is 0 Å². The summed E-state index contributed by atoms with van der Waals surface area (Å²) in [4.78, 5) is 29.2. The summed E-state index contributed by atoms with van der Waals surface area (Å²) < 4.78 is 5.38. The monoisotopic (exact) mass is 323 g/mol. The highest BCUT2D eigenvalue weighted by molar-refractivity contribution is 5.87. The topological polar surface area (TPSA) is 75.9 Å². The molecule has 2 aliphatic heterocycles. The molecule has 0 spiro atoms. The van der Waals surface area contributed by atoms with E-state index in [1.54, 1.807) is 0 Å². The zero-order valence-electron chi connectivity index (χ0n) is 14.3. The molecule has 2 saturated heterocycles. The van der Waals surface area contributed by atoms with E-state index in [1.807, 2.05) is 18.7 Å². The molecule has 2 heterocycles. The van der Waals surface area contributed by atoms with Crippen LogP contribution in [-0.2, 0) is 14.3 Å². The highest BCUT2D eigenvalue weighted by Gasteiger charge is 2.55. The minimum Gasteiger partial charge on any atom is -0.379 e. The number of primary amides is 1. The van der Waals surface area contributed by atoms with Crippen molar-refractivity contribution in [2.24, 2.45) is 22.5 Å². The van der Waals surface area contributed by atoms with Crippen LogP contribution in [0.5, 0.6) is 0 Å². The summed E-state index contributed by atoms with van der Waals surface area (Å²) in [6.07, 6.45) is 2.89. The number of fused-ring (bicyclic) bond motifs is 1. The van der Waals surface area contributed by atoms with Crippen molar-refractivity contribution in [3.63, 3.8) is 0 Å². The fourth-order valence-corrected chi connectivity index (χ4v) is 4.66. The Morgan fingerprint density at radius 1 is 1.30 bits per heavy atom. The number of hydrogen-bond donors (Lipinski definition) is 1. The molecule has 3 rings (SSSR count). The second-order valence-corrected chi connectivity index (χ2v) is 8.07. The molecule has 0 aromatic rings. The Morgan fingerprint density at radius 2 is 2.00 bits per heavy atom. The summed E-state index contributed by atoms with van der Waals surface area (Å²) in [7, 11) is 0. The minimum atomic E-state index is -0.468. The molecule has 3 fully saturated rings. The first-order valence-electron chi connectivity index (χ1n) is 8.74. The van der Waals surface area contributed by atoms with Gasteiger partial charge >= 0.3 is 0 Å². The number of rotatable bonds is 4. The second-order valence-electron chi connectivity index (χ2n) is 8.07. The van der Waals surface area contributed by atoms with Gasteiger partial charge in [-0.1, -0.05) is 6.42 Å². The van der Waals surface area contributed by atoms with E-state index in [0.717, 1.165) is 52.1 Å². The van der Waals surface area contributed by atoms with E-state index >= 15 is 0 Å². The largest absolute Gasteiger partial charge is 0.379 e. The van der Waals surface area contributed by atoms with Crippen LogP contribution in [0.2, 0.25) is 0 Å². The van der Waals surface area contributed by atoms with Gasteiger partial charge in [-0.05, 0) is 32.6 Å². The molecule has 6 heteroatoms. The van der Waals surface area contributed by atoms with Gasteiger partial charge in [0, 0.05) is 32.7 Å². The third kappa shape index (κ3) is 2.98.